The highest BCUT2D eigenvalue weighted by molar-refractivity contribution is 5.78. The van der Waals surface area contributed by atoms with Crippen LogP contribution in [-0.2, 0) is 11.3 Å². The molecule has 0 aliphatic heterocycles. The third kappa shape index (κ3) is 5.28. The van der Waals surface area contributed by atoms with Crippen molar-refractivity contribution < 1.29 is 4.79 Å². The Bertz CT molecular complexity index is 845. The van der Waals surface area contributed by atoms with Crippen molar-refractivity contribution in [2.45, 2.75) is 19.5 Å². The van der Waals surface area contributed by atoms with E-state index in [4.69, 9.17) is 0 Å². The largest absolute Gasteiger partial charge is 0.340 e. The second kappa shape index (κ2) is 9.15. The fourth-order valence-electron chi connectivity index (χ4n) is 3.10. The first-order valence-corrected chi connectivity index (χ1v) is 9.26. The Balaban J connectivity index is 1.69. The van der Waals surface area contributed by atoms with Crippen LogP contribution < -0.4 is 5.32 Å². The number of carbonyl (C=O) groups is 1. The third-order valence-corrected chi connectivity index (χ3v) is 4.69. The van der Waals surface area contributed by atoms with E-state index in [0.717, 1.165) is 16.7 Å². The number of amides is 1. The normalized spacial score (nSPS) is 11.8. The molecule has 27 heavy (non-hydrogen) atoms. The molecule has 0 aromatic heterocycles. The first-order valence-electron chi connectivity index (χ1n) is 9.26. The van der Waals surface area contributed by atoms with Gasteiger partial charge in [0.2, 0.25) is 5.91 Å². The summed E-state index contributed by atoms with van der Waals surface area (Å²) in [6, 6.07) is 28.8. The first-order chi connectivity index (χ1) is 13.1. The topological polar surface area (TPSA) is 32.3 Å². The molecule has 0 fully saturated rings. The minimum absolute atomic E-state index is 0.0131. The van der Waals surface area contributed by atoms with Crippen LogP contribution in [0.1, 0.15) is 28.3 Å². The molecule has 3 nitrogen and oxygen atoms in total. The monoisotopic (exact) mass is 358 g/mol. The lowest BCUT2D eigenvalue weighted by atomic mass is 9.98. The summed E-state index contributed by atoms with van der Waals surface area (Å²) in [6.07, 6.45) is 0. The quantitative estimate of drug-likeness (QED) is 0.682. The summed E-state index contributed by atoms with van der Waals surface area (Å²) in [7, 11) is 1.85. The van der Waals surface area contributed by atoms with Gasteiger partial charge in [0.15, 0.2) is 0 Å². The van der Waals surface area contributed by atoms with E-state index < -0.39 is 0 Å². The van der Waals surface area contributed by atoms with Gasteiger partial charge in [-0.25, -0.2) is 0 Å². The van der Waals surface area contributed by atoms with Crippen LogP contribution in [0.3, 0.4) is 0 Å². The number of nitrogens with one attached hydrogen (secondary N) is 1. The minimum Gasteiger partial charge on any atom is -0.340 e. The van der Waals surface area contributed by atoms with Crippen molar-refractivity contribution in [1.82, 2.24) is 10.2 Å². The van der Waals surface area contributed by atoms with Crippen molar-refractivity contribution in [2.24, 2.45) is 0 Å². The fraction of sp³-hybridized carbons (Fsp3) is 0.208. The van der Waals surface area contributed by atoms with Crippen molar-refractivity contribution in [2.75, 3.05) is 13.6 Å². The number of aryl methyl sites for hydroxylation is 1. The van der Waals surface area contributed by atoms with Gasteiger partial charge in [-0.15, -0.1) is 0 Å². The molecule has 1 N–H and O–H groups in total. The second-order valence-corrected chi connectivity index (χ2v) is 6.87. The Kier molecular flexibility index (Phi) is 6.39. The lowest BCUT2D eigenvalue weighted by Crippen LogP contribution is -2.37. The van der Waals surface area contributed by atoms with Crippen LogP contribution in [0.25, 0.3) is 0 Å². The van der Waals surface area contributed by atoms with Crippen LogP contribution in [0.15, 0.2) is 84.9 Å². The predicted molar refractivity (Wildman–Crippen MR) is 110 cm³/mol. The summed E-state index contributed by atoms with van der Waals surface area (Å²) in [5.41, 5.74) is 4.67. The molecule has 1 amide bonds. The highest BCUT2D eigenvalue weighted by Gasteiger charge is 2.16. The van der Waals surface area contributed by atoms with Gasteiger partial charge in [-0.2, -0.15) is 0 Å². The molecule has 1 atom stereocenters. The van der Waals surface area contributed by atoms with Gasteiger partial charge in [-0.05, 0) is 23.6 Å². The number of rotatable bonds is 7. The summed E-state index contributed by atoms with van der Waals surface area (Å²) in [4.78, 5) is 14.4. The van der Waals surface area contributed by atoms with E-state index in [2.05, 4.69) is 48.6 Å². The Morgan fingerprint density at radius 1 is 0.852 bits per heavy atom. The summed E-state index contributed by atoms with van der Waals surface area (Å²) in [5, 5.41) is 3.45. The Labute approximate surface area is 161 Å². The van der Waals surface area contributed by atoms with Crippen LogP contribution in [0.5, 0.6) is 0 Å². The zero-order valence-corrected chi connectivity index (χ0v) is 15.9. The summed E-state index contributed by atoms with van der Waals surface area (Å²) < 4.78 is 0. The summed E-state index contributed by atoms with van der Waals surface area (Å²) >= 11 is 0. The second-order valence-electron chi connectivity index (χ2n) is 6.87. The predicted octanol–water partition coefficient (Wildman–Crippen LogP) is 4.33. The maximum atomic E-state index is 12.6. The lowest BCUT2D eigenvalue weighted by molar-refractivity contribution is -0.129. The van der Waals surface area contributed by atoms with Crippen LogP contribution in [0.2, 0.25) is 0 Å². The van der Waals surface area contributed by atoms with E-state index in [1.165, 1.54) is 5.56 Å². The van der Waals surface area contributed by atoms with Gasteiger partial charge in [0.1, 0.15) is 0 Å². The molecule has 3 aromatic rings. The van der Waals surface area contributed by atoms with Gasteiger partial charge in [0.25, 0.3) is 0 Å². The summed E-state index contributed by atoms with van der Waals surface area (Å²) in [5.74, 6) is 0.0758. The van der Waals surface area contributed by atoms with Crippen molar-refractivity contribution in [3.63, 3.8) is 0 Å². The number of hydrogen-bond donors (Lipinski definition) is 1. The fourth-order valence-corrected chi connectivity index (χ4v) is 3.10. The maximum Gasteiger partial charge on any atom is 0.236 e. The molecule has 0 aliphatic rings. The molecule has 0 saturated carbocycles. The zero-order valence-electron chi connectivity index (χ0n) is 15.9. The number of nitrogens with zero attached hydrogens (tertiary/aromatic N) is 1. The van der Waals surface area contributed by atoms with Gasteiger partial charge in [-0.1, -0.05) is 90.5 Å². The average Bonchev–Trinajstić information content (AvgIpc) is 2.71. The van der Waals surface area contributed by atoms with Crippen LogP contribution in [0.4, 0.5) is 0 Å². The van der Waals surface area contributed by atoms with Crippen LogP contribution in [-0.4, -0.2) is 24.4 Å². The number of benzene rings is 3. The minimum atomic E-state index is -0.0131. The summed E-state index contributed by atoms with van der Waals surface area (Å²) in [6.45, 7) is 2.98. The van der Waals surface area contributed by atoms with E-state index in [1.807, 2.05) is 55.6 Å². The molecule has 3 heteroatoms. The molecule has 0 saturated heterocycles. The van der Waals surface area contributed by atoms with Gasteiger partial charge in [-0.3, -0.25) is 10.1 Å². The van der Waals surface area contributed by atoms with Gasteiger partial charge < -0.3 is 4.90 Å². The molecule has 0 unspecified atom stereocenters. The Morgan fingerprint density at radius 2 is 1.41 bits per heavy atom. The molecular weight excluding hydrogens is 332 g/mol. The molecule has 0 spiro atoms. The van der Waals surface area contributed by atoms with Crippen molar-refractivity contribution in [3.8, 4) is 0 Å². The molecule has 0 radical (unpaired) electrons. The molecule has 138 valence electrons. The molecule has 0 heterocycles. The van der Waals surface area contributed by atoms with E-state index in [0.29, 0.717) is 6.54 Å². The lowest BCUT2D eigenvalue weighted by Gasteiger charge is -2.23. The van der Waals surface area contributed by atoms with E-state index in [9.17, 15) is 4.79 Å². The molecule has 3 rings (SSSR count). The Morgan fingerprint density at radius 3 is 2.04 bits per heavy atom. The van der Waals surface area contributed by atoms with E-state index in [1.54, 1.807) is 4.90 Å². The Hall–Kier alpha value is -2.91. The van der Waals surface area contributed by atoms with Crippen molar-refractivity contribution in [1.29, 1.82) is 0 Å². The van der Waals surface area contributed by atoms with Crippen molar-refractivity contribution >= 4 is 5.91 Å². The van der Waals surface area contributed by atoms with E-state index >= 15 is 0 Å². The van der Waals surface area contributed by atoms with Gasteiger partial charge >= 0.3 is 0 Å². The number of carbonyl (C=O) groups excluding carboxylic acids is 1. The van der Waals surface area contributed by atoms with E-state index in [-0.39, 0.29) is 18.5 Å². The highest BCUT2D eigenvalue weighted by Crippen LogP contribution is 2.22. The molecular formula is C24H26N2O. The van der Waals surface area contributed by atoms with Crippen LogP contribution in [0, 0.1) is 6.92 Å². The maximum absolute atomic E-state index is 12.6. The third-order valence-electron chi connectivity index (χ3n) is 4.69. The first kappa shape index (κ1) is 18.9. The number of hydrogen-bond acceptors (Lipinski definition) is 2. The van der Waals surface area contributed by atoms with Gasteiger partial charge in [0.05, 0.1) is 12.6 Å². The standard InChI is InChI=1S/C24H26N2O/c1-19-13-15-22(16-14-19)24(21-11-7-4-8-12-21)25-17-23(27)26(2)18-20-9-5-3-6-10-20/h3-16,24-25H,17-18H2,1-2H3/t24-/m1/s1. The average molecular weight is 358 g/mol. The smallest absolute Gasteiger partial charge is 0.236 e. The van der Waals surface area contributed by atoms with Crippen LogP contribution >= 0.6 is 0 Å². The number of likely N-dealkylation sites (N-methyl/N-ethyl adjacent to an activating group) is 1. The van der Waals surface area contributed by atoms with Crippen molar-refractivity contribution in [3.05, 3.63) is 107 Å². The molecule has 0 aliphatic carbocycles. The molecule has 0 bridgehead atoms. The zero-order chi connectivity index (χ0) is 19.1. The SMILES string of the molecule is Cc1ccc([C@H](NCC(=O)N(C)Cc2ccccc2)c2ccccc2)cc1. The van der Waals surface area contributed by atoms with Gasteiger partial charge in [0, 0.05) is 13.6 Å². The molecule has 3 aromatic carbocycles. The highest BCUT2D eigenvalue weighted by atomic mass is 16.2.